The van der Waals surface area contributed by atoms with Crippen molar-refractivity contribution in [1.82, 2.24) is 0 Å². The van der Waals surface area contributed by atoms with Gasteiger partial charge in [-0.25, -0.2) is 0 Å². The predicted octanol–water partition coefficient (Wildman–Crippen LogP) is -2.66. The second kappa shape index (κ2) is 72.6. The molecule has 0 saturated heterocycles. The van der Waals surface area contributed by atoms with Gasteiger partial charge in [0, 0.05) is 0 Å². The van der Waals surface area contributed by atoms with Crippen molar-refractivity contribution in [3.8, 4) is 0 Å². The van der Waals surface area contributed by atoms with Crippen LogP contribution in [0.15, 0.2) is 0 Å². The van der Waals surface area contributed by atoms with E-state index in [-0.39, 0.29) is 54.8 Å². The Labute approximate surface area is 119 Å². The molecule has 0 saturated carbocycles. The van der Waals surface area contributed by atoms with Gasteiger partial charge in [0.15, 0.2) is 0 Å². The first-order chi connectivity index (χ1) is 4.83. The summed E-state index contributed by atoms with van der Waals surface area (Å²) in [5.41, 5.74) is 0. The molecule has 13 heavy (non-hydrogen) atoms. The fourth-order valence-corrected chi connectivity index (χ4v) is 0. The minimum absolute atomic E-state index is 0. The van der Waals surface area contributed by atoms with Crippen molar-refractivity contribution >= 4 is 0 Å². The Kier molecular flexibility index (Phi) is 206. The summed E-state index contributed by atoms with van der Waals surface area (Å²) in [5, 5.41) is 6.25. The van der Waals surface area contributed by atoms with Gasteiger partial charge in [-0.15, -0.1) is 0 Å². The standard InChI is InChI=1S/2C4H9.CN.Cu.2Li/c2*1-3-4-2;1-2;;;/h2*1,3-4H2,2H3;;;;/q3*-1;3*+1. The first-order valence-electron chi connectivity index (χ1n) is 3.64. The Balaban J connectivity index is -0.0000000133. The molecule has 0 aromatic rings. The molecule has 1 nitrogen and oxygen atoms in total. The molecule has 0 N–H and O–H groups in total. The number of hydrogen-bond acceptors (Lipinski definition) is 1. The van der Waals surface area contributed by atoms with Gasteiger partial charge in [0.05, 0.1) is 0 Å². The Morgan fingerprint density at radius 3 is 1.00 bits per heavy atom. The average Bonchev–Trinajstić information content (AvgIpc) is 2.08. The fraction of sp³-hybridized carbons (Fsp3) is 0.667. The van der Waals surface area contributed by atoms with Crippen molar-refractivity contribution in [3.63, 3.8) is 0 Å². The molecule has 0 aromatic heterocycles. The molecule has 0 aliphatic heterocycles. The molecule has 0 aromatic carbocycles. The third-order valence-corrected chi connectivity index (χ3v) is 0.707. The Morgan fingerprint density at radius 2 is 1.00 bits per heavy atom. The number of unbranched alkanes of at least 4 members (excludes halogenated alkanes) is 2. The maximum absolute atomic E-state index is 6.25. The van der Waals surface area contributed by atoms with E-state index in [0.29, 0.717) is 0 Å². The van der Waals surface area contributed by atoms with Crippen LogP contribution in [0, 0.1) is 25.7 Å². The van der Waals surface area contributed by atoms with E-state index < -0.39 is 0 Å². The van der Waals surface area contributed by atoms with Crippen LogP contribution in [0.3, 0.4) is 0 Å². The van der Waals surface area contributed by atoms with Crippen molar-refractivity contribution < 1.29 is 54.8 Å². The van der Waals surface area contributed by atoms with E-state index in [0.717, 1.165) is 12.8 Å². The predicted molar refractivity (Wildman–Crippen MR) is 45.5 cm³/mol. The van der Waals surface area contributed by atoms with Gasteiger partial charge in [-0.2, -0.15) is 12.8 Å². The number of nitrogens with zero attached hydrogens (tertiary/aromatic N) is 1. The second-order valence-electron chi connectivity index (χ2n) is 1.71. The third-order valence-electron chi connectivity index (χ3n) is 0.707. The van der Waals surface area contributed by atoms with Crippen molar-refractivity contribution in [3.05, 3.63) is 20.4 Å². The quantitative estimate of drug-likeness (QED) is 0.366. The van der Waals surface area contributed by atoms with Crippen LogP contribution in [-0.2, 0) is 17.1 Å². The molecule has 0 aliphatic rings. The summed E-state index contributed by atoms with van der Waals surface area (Å²) >= 11 is 0. The zero-order valence-electron chi connectivity index (χ0n) is 9.49. The largest absolute Gasteiger partial charge is 1.00 e. The molecule has 0 rings (SSSR count). The Bertz CT molecular complexity index is 44.1. The van der Waals surface area contributed by atoms with Crippen molar-refractivity contribution in [2.75, 3.05) is 0 Å². The minimum atomic E-state index is 0. The molecule has 0 atom stereocenters. The fourth-order valence-electron chi connectivity index (χ4n) is 0. The van der Waals surface area contributed by atoms with Crippen LogP contribution >= 0.6 is 0 Å². The van der Waals surface area contributed by atoms with Crippen LogP contribution in [0.2, 0.25) is 0 Å². The summed E-state index contributed by atoms with van der Waals surface area (Å²) in [6.07, 6.45) is 4.56. The second-order valence-corrected chi connectivity index (χ2v) is 1.71. The topological polar surface area (TPSA) is 23.8 Å². The van der Waals surface area contributed by atoms with E-state index in [4.69, 9.17) is 11.8 Å². The third kappa shape index (κ3) is 161. The first-order valence-corrected chi connectivity index (χ1v) is 3.64. The van der Waals surface area contributed by atoms with Gasteiger partial charge in [-0.05, 0) is 0 Å². The van der Waals surface area contributed by atoms with Gasteiger partial charge in [-0.1, -0.05) is 26.7 Å². The number of hydrogen-bond donors (Lipinski definition) is 0. The zero-order chi connectivity index (χ0) is 8.83. The molecule has 0 amide bonds. The minimum Gasteiger partial charge on any atom is -0.512 e. The summed E-state index contributed by atoms with van der Waals surface area (Å²) in [7, 11) is 0. The van der Waals surface area contributed by atoms with Gasteiger partial charge in [0.1, 0.15) is 0 Å². The summed E-state index contributed by atoms with van der Waals surface area (Å²) < 4.78 is 0. The molecule has 0 fully saturated rings. The van der Waals surface area contributed by atoms with Crippen LogP contribution < -0.4 is 37.7 Å². The van der Waals surface area contributed by atoms with Crippen molar-refractivity contribution in [2.24, 2.45) is 0 Å². The molecular weight excluding hydrogens is 200 g/mol. The average molecular weight is 218 g/mol. The van der Waals surface area contributed by atoms with Crippen LogP contribution in [0.5, 0.6) is 0 Å². The monoisotopic (exact) mass is 217 g/mol. The molecule has 0 unspecified atom stereocenters. The van der Waals surface area contributed by atoms with E-state index in [9.17, 15) is 0 Å². The molecule has 72 valence electrons. The molecule has 0 radical (unpaired) electrons. The van der Waals surface area contributed by atoms with Gasteiger partial charge in [-0.3, -0.25) is 0 Å². The molecule has 0 spiro atoms. The van der Waals surface area contributed by atoms with Crippen LogP contribution in [0.1, 0.15) is 39.5 Å². The van der Waals surface area contributed by atoms with Crippen LogP contribution in [0.25, 0.3) is 0 Å². The molecule has 4 heteroatoms. The first kappa shape index (κ1) is 36.8. The molecular formula is C9H18CuLi2N. The smallest absolute Gasteiger partial charge is 0.512 e. The maximum atomic E-state index is 6.25. The van der Waals surface area contributed by atoms with E-state index >= 15 is 0 Å². The zero-order valence-corrected chi connectivity index (χ0v) is 10.4. The van der Waals surface area contributed by atoms with Gasteiger partial charge < -0.3 is 25.7 Å². The van der Waals surface area contributed by atoms with Gasteiger partial charge in [0.25, 0.3) is 0 Å². The Hall–Kier alpha value is 1.20. The normalized spacial score (nSPS) is 4.77. The van der Waals surface area contributed by atoms with E-state index in [1.807, 2.05) is 0 Å². The van der Waals surface area contributed by atoms with Crippen molar-refractivity contribution in [1.29, 1.82) is 5.26 Å². The molecule has 0 bridgehead atoms. The summed E-state index contributed by atoms with van der Waals surface area (Å²) in [4.78, 5) is 0. The van der Waals surface area contributed by atoms with Crippen molar-refractivity contribution in [2.45, 2.75) is 39.5 Å². The van der Waals surface area contributed by atoms with Gasteiger partial charge in [0.2, 0.25) is 0 Å². The Morgan fingerprint density at radius 1 is 0.923 bits per heavy atom. The van der Waals surface area contributed by atoms with E-state index in [2.05, 4.69) is 27.7 Å². The summed E-state index contributed by atoms with van der Waals surface area (Å²) in [6, 6.07) is 0. The maximum Gasteiger partial charge on any atom is 1.00 e. The van der Waals surface area contributed by atoms with Gasteiger partial charge >= 0.3 is 54.8 Å². The summed E-state index contributed by atoms with van der Waals surface area (Å²) in [5.74, 6) is 0. The van der Waals surface area contributed by atoms with Crippen LogP contribution in [-0.4, -0.2) is 0 Å². The van der Waals surface area contributed by atoms with E-state index in [1.54, 1.807) is 0 Å². The molecule has 0 heterocycles. The summed E-state index contributed by atoms with van der Waals surface area (Å²) in [6.45, 7) is 16.2. The SMILES string of the molecule is [C-]#N.[CH2-]CCC.[CH2-]CCC.[Cu+].[Li+].[Li+]. The number of rotatable bonds is 2. The molecule has 0 aliphatic carbocycles. The van der Waals surface area contributed by atoms with Crippen LogP contribution in [0.4, 0.5) is 0 Å². The van der Waals surface area contributed by atoms with E-state index in [1.165, 1.54) is 12.8 Å².